The molecule has 1 saturated heterocycles. The molecule has 0 bridgehead atoms. The summed E-state index contributed by atoms with van der Waals surface area (Å²) < 4.78 is 0. The Hall–Kier alpha value is -1.25. The molecule has 2 heterocycles. The van der Waals surface area contributed by atoms with Crippen LogP contribution in [-0.2, 0) is 0 Å². The molecule has 0 amide bonds. The number of likely N-dealkylation sites (N-methyl/N-ethyl adjacent to an activating group) is 1. The van der Waals surface area contributed by atoms with E-state index in [-0.39, 0.29) is 5.54 Å². The topological polar surface area (TPSA) is 18.8 Å². The maximum atomic E-state index is 4.37. The summed E-state index contributed by atoms with van der Waals surface area (Å²) in [6.07, 6.45) is 2.11. The first kappa shape index (κ1) is 9.31. The highest BCUT2D eigenvalue weighted by molar-refractivity contribution is 5.94. The minimum absolute atomic E-state index is 0.162. The second-order valence-electron chi connectivity index (χ2n) is 4.63. The number of rotatable bonds is 0. The van der Waals surface area contributed by atoms with Crippen LogP contribution in [0, 0.1) is 0 Å². The van der Waals surface area contributed by atoms with Crippen molar-refractivity contribution >= 4 is 5.71 Å². The van der Waals surface area contributed by atoms with Gasteiger partial charge in [-0.1, -0.05) is 6.58 Å². The van der Waals surface area contributed by atoms with Gasteiger partial charge in [0.05, 0.1) is 5.54 Å². The minimum Gasteiger partial charge on any atom is -0.354 e. The largest absolute Gasteiger partial charge is 0.354 e. The number of allylic oxidation sites excluding steroid dienone is 1. The molecule has 0 atom stereocenters. The van der Waals surface area contributed by atoms with E-state index in [9.17, 15) is 0 Å². The van der Waals surface area contributed by atoms with Crippen LogP contribution in [0.15, 0.2) is 29.3 Å². The van der Waals surface area contributed by atoms with Crippen LogP contribution >= 0.6 is 0 Å². The van der Waals surface area contributed by atoms with Gasteiger partial charge in [-0.15, -0.1) is 0 Å². The second kappa shape index (κ2) is 2.62. The summed E-state index contributed by atoms with van der Waals surface area (Å²) in [6.45, 7) is 11.4. The Bertz CT molecular complexity index is 350. The van der Waals surface area contributed by atoms with Crippen LogP contribution in [0.25, 0.3) is 0 Å². The van der Waals surface area contributed by atoms with Gasteiger partial charge in [0.2, 0.25) is 0 Å². The van der Waals surface area contributed by atoms with Crippen LogP contribution in [0.2, 0.25) is 0 Å². The van der Waals surface area contributed by atoms with Gasteiger partial charge >= 0.3 is 0 Å². The summed E-state index contributed by atoms with van der Waals surface area (Å²) in [6, 6.07) is 0. The number of hydrogen-bond acceptors (Lipinski definition) is 3. The zero-order chi connectivity index (χ0) is 10.5. The van der Waals surface area contributed by atoms with Crippen molar-refractivity contribution in [1.29, 1.82) is 0 Å². The van der Waals surface area contributed by atoms with E-state index in [1.807, 2.05) is 6.92 Å². The van der Waals surface area contributed by atoms with E-state index < -0.39 is 0 Å². The van der Waals surface area contributed by atoms with Crippen molar-refractivity contribution in [2.45, 2.75) is 26.3 Å². The van der Waals surface area contributed by atoms with E-state index in [4.69, 9.17) is 0 Å². The molecule has 0 aromatic carbocycles. The van der Waals surface area contributed by atoms with Crippen LogP contribution in [0.1, 0.15) is 20.8 Å². The average molecular weight is 191 g/mol. The van der Waals surface area contributed by atoms with Crippen molar-refractivity contribution in [1.82, 2.24) is 9.80 Å². The first-order valence-corrected chi connectivity index (χ1v) is 4.89. The Morgan fingerprint density at radius 1 is 1.50 bits per heavy atom. The average Bonchev–Trinajstić information content (AvgIpc) is 2.28. The van der Waals surface area contributed by atoms with Gasteiger partial charge < -0.3 is 9.80 Å². The molecule has 2 aliphatic rings. The summed E-state index contributed by atoms with van der Waals surface area (Å²) in [5.41, 5.74) is 1.19. The maximum absolute atomic E-state index is 4.37. The van der Waals surface area contributed by atoms with Crippen molar-refractivity contribution in [2.75, 3.05) is 13.6 Å². The Kier molecular flexibility index (Phi) is 1.74. The van der Waals surface area contributed by atoms with Gasteiger partial charge in [0.25, 0.3) is 0 Å². The predicted octanol–water partition coefficient (Wildman–Crippen LogP) is 1.80. The van der Waals surface area contributed by atoms with Crippen molar-refractivity contribution in [2.24, 2.45) is 4.99 Å². The van der Waals surface area contributed by atoms with Gasteiger partial charge in [-0.3, -0.25) is 0 Å². The van der Waals surface area contributed by atoms with E-state index in [0.29, 0.717) is 0 Å². The first-order valence-electron chi connectivity index (χ1n) is 4.89. The van der Waals surface area contributed by atoms with Crippen LogP contribution in [-0.4, -0.2) is 34.6 Å². The molecule has 0 aromatic heterocycles. The molecule has 0 unspecified atom stereocenters. The van der Waals surface area contributed by atoms with E-state index in [0.717, 1.165) is 18.1 Å². The monoisotopic (exact) mass is 191 g/mol. The molecule has 0 N–H and O–H groups in total. The van der Waals surface area contributed by atoms with Crippen LogP contribution < -0.4 is 0 Å². The minimum atomic E-state index is 0.162. The van der Waals surface area contributed by atoms with Crippen molar-refractivity contribution in [3.05, 3.63) is 24.3 Å². The van der Waals surface area contributed by atoms with E-state index in [1.54, 1.807) is 0 Å². The van der Waals surface area contributed by atoms with Crippen molar-refractivity contribution in [3.8, 4) is 0 Å². The third-order valence-electron chi connectivity index (χ3n) is 3.03. The highest BCUT2D eigenvalue weighted by atomic mass is 15.5. The van der Waals surface area contributed by atoms with Gasteiger partial charge in [-0.05, 0) is 20.8 Å². The molecule has 0 saturated carbocycles. The molecule has 0 spiro atoms. The molecule has 2 aliphatic heterocycles. The summed E-state index contributed by atoms with van der Waals surface area (Å²) in [4.78, 5) is 8.83. The lowest BCUT2D eigenvalue weighted by Gasteiger charge is -2.28. The van der Waals surface area contributed by atoms with Crippen molar-refractivity contribution < 1.29 is 0 Å². The maximum Gasteiger partial charge on any atom is 0.127 e. The van der Waals surface area contributed by atoms with E-state index in [1.165, 1.54) is 5.82 Å². The lowest BCUT2D eigenvalue weighted by atomic mass is 10.1. The van der Waals surface area contributed by atoms with Gasteiger partial charge in [0, 0.05) is 25.4 Å². The molecule has 0 aromatic rings. The number of fused-ring (bicyclic) bond motifs is 1. The van der Waals surface area contributed by atoms with E-state index >= 15 is 0 Å². The molecule has 3 nitrogen and oxygen atoms in total. The highest BCUT2D eigenvalue weighted by Gasteiger charge is 2.39. The van der Waals surface area contributed by atoms with Gasteiger partial charge in [0.1, 0.15) is 11.6 Å². The highest BCUT2D eigenvalue weighted by Crippen LogP contribution is 2.34. The smallest absolute Gasteiger partial charge is 0.127 e. The van der Waals surface area contributed by atoms with Crippen LogP contribution in [0.4, 0.5) is 0 Å². The summed E-state index contributed by atoms with van der Waals surface area (Å²) >= 11 is 0. The molecule has 0 aliphatic carbocycles. The molecule has 2 rings (SSSR count). The Morgan fingerprint density at radius 3 is 2.79 bits per heavy atom. The molecule has 14 heavy (non-hydrogen) atoms. The summed E-state index contributed by atoms with van der Waals surface area (Å²) in [5, 5.41) is 0. The van der Waals surface area contributed by atoms with E-state index in [2.05, 4.69) is 48.3 Å². The van der Waals surface area contributed by atoms with Gasteiger partial charge in [-0.2, -0.15) is 0 Å². The van der Waals surface area contributed by atoms with Crippen molar-refractivity contribution in [3.63, 3.8) is 0 Å². The van der Waals surface area contributed by atoms with Crippen LogP contribution in [0.3, 0.4) is 0 Å². The Morgan fingerprint density at radius 2 is 2.14 bits per heavy atom. The summed E-state index contributed by atoms with van der Waals surface area (Å²) in [5.74, 6) is 2.07. The Labute approximate surface area is 85.4 Å². The normalized spacial score (nSPS) is 24.7. The number of hydrogen-bond donors (Lipinski definition) is 0. The third kappa shape index (κ3) is 1.15. The second-order valence-corrected chi connectivity index (χ2v) is 4.63. The lowest BCUT2D eigenvalue weighted by molar-refractivity contribution is 0.263. The fourth-order valence-corrected chi connectivity index (χ4v) is 1.95. The summed E-state index contributed by atoms with van der Waals surface area (Å²) in [7, 11) is 2.12. The third-order valence-corrected chi connectivity index (χ3v) is 3.03. The zero-order valence-electron chi connectivity index (χ0n) is 9.33. The van der Waals surface area contributed by atoms with Gasteiger partial charge in [0.15, 0.2) is 0 Å². The molecule has 76 valence electrons. The van der Waals surface area contributed by atoms with Crippen LogP contribution in [0.5, 0.6) is 0 Å². The molecule has 0 radical (unpaired) electrons. The van der Waals surface area contributed by atoms with Gasteiger partial charge in [-0.25, -0.2) is 4.99 Å². The number of aliphatic imine (C=N–C) groups is 1. The number of nitrogens with zero attached hydrogens (tertiary/aromatic N) is 3. The molecular weight excluding hydrogens is 174 g/mol. The first-order chi connectivity index (χ1) is 6.42. The fraction of sp³-hybridized carbons (Fsp3) is 0.545. The standard InChI is InChI=1S/C11H17N3/c1-8-6-10-13(5)11(3,4)7-14(10)9(2)12-8/h6H,2,7H2,1,3-5H3. The molecule has 1 fully saturated rings. The lowest BCUT2D eigenvalue weighted by Crippen LogP contribution is -2.36. The quantitative estimate of drug-likeness (QED) is 0.581. The SMILES string of the molecule is C=C1N=C(C)C=C2N1CC(C)(C)N2C. The molecular formula is C11H17N3. The predicted molar refractivity (Wildman–Crippen MR) is 58.9 cm³/mol. The molecule has 3 heteroatoms. The fourth-order valence-electron chi connectivity index (χ4n) is 1.95. The Balaban J connectivity index is 2.42. The zero-order valence-corrected chi connectivity index (χ0v) is 9.33.